The smallest absolute Gasteiger partial charge is 0.132 e. The summed E-state index contributed by atoms with van der Waals surface area (Å²) in [5.41, 5.74) is 6.28. The number of nitrogens with zero attached hydrogens (tertiary/aromatic N) is 3. The number of nitrogens with two attached hydrogens (primary N) is 1. The second-order valence-corrected chi connectivity index (χ2v) is 3.67. The van der Waals surface area contributed by atoms with Gasteiger partial charge in [-0.2, -0.15) is 5.10 Å². The van der Waals surface area contributed by atoms with Crippen LogP contribution in [0.3, 0.4) is 0 Å². The van der Waals surface area contributed by atoms with Gasteiger partial charge < -0.3 is 15.7 Å². The molecule has 5 heteroatoms. The molecule has 0 radical (unpaired) electrons. The average molecular weight is 196 g/mol. The van der Waals surface area contributed by atoms with Crippen molar-refractivity contribution in [3.05, 3.63) is 11.8 Å². The molecule has 0 aliphatic carbocycles. The summed E-state index contributed by atoms with van der Waals surface area (Å²) in [6.45, 7) is 2.18. The number of rotatable bonds is 2. The zero-order valence-corrected chi connectivity index (χ0v) is 8.35. The first-order chi connectivity index (χ1) is 6.74. The summed E-state index contributed by atoms with van der Waals surface area (Å²) in [7, 11) is 2.01. The van der Waals surface area contributed by atoms with E-state index in [1.807, 2.05) is 11.7 Å². The molecule has 0 saturated heterocycles. The van der Waals surface area contributed by atoms with Crippen molar-refractivity contribution in [3.63, 3.8) is 0 Å². The van der Waals surface area contributed by atoms with Crippen molar-refractivity contribution in [2.75, 3.05) is 25.0 Å². The Morgan fingerprint density at radius 2 is 2.43 bits per heavy atom. The highest BCUT2D eigenvalue weighted by atomic mass is 16.3. The second-order valence-electron chi connectivity index (χ2n) is 3.67. The normalized spacial score (nSPS) is 18.1. The third-order valence-corrected chi connectivity index (χ3v) is 2.65. The van der Waals surface area contributed by atoms with Crippen molar-refractivity contribution in [1.29, 1.82) is 0 Å². The summed E-state index contributed by atoms with van der Waals surface area (Å²) in [6.07, 6.45) is 2.22. The van der Waals surface area contributed by atoms with Crippen LogP contribution in [-0.4, -0.2) is 35.0 Å². The maximum atomic E-state index is 9.69. The lowest BCUT2D eigenvalue weighted by atomic mass is 10.1. The molecule has 2 heterocycles. The Labute approximate surface area is 83.1 Å². The Hall–Kier alpha value is -1.07. The summed E-state index contributed by atoms with van der Waals surface area (Å²) in [4.78, 5) is 2.12. The summed E-state index contributed by atoms with van der Waals surface area (Å²) in [6, 6.07) is 0. The largest absolute Gasteiger partial charge is 0.387 e. The number of hydrogen-bond donors (Lipinski definition) is 2. The summed E-state index contributed by atoms with van der Waals surface area (Å²) >= 11 is 0. The first-order valence-electron chi connectivity index (χ1n) is 4.89. The topological polar surface area (TPSA) is 67.3 Å². The van der Waals surface area contributed by atoms with Gasteiger partial charge in [-0.15, -0.1) is 0 Å². The van der Waals surface area contributed by atoms with Crippen LogP contribution in [-0.2, 0) is 6.54 Å². The van der Waals surface area contributed by atoms with Crippen molar-refractivity contribution >= 4 is 5.82 Å². The van der Waals surface area contributed by atoms with E-state index in [1.54, 1.807) is 6.20 Å². The minimum Gasteiger partial charge on any atom is -0.387 e. The van der Waals surface area contributed by atoms with Crippen molar-refractivity contribution in [2.24, 2.45) is 5.73 Å². The maximum absolute atomic E-state index is 9.69. The fraction of sp³-hybridized carbons (Fsp3) is 0.667. The standard InChI is InChI=1S/C9H16N4O/c1-12-3-2-4-13-9(12)7(6-11-13)8(14)5-10/h6,8,14H,2-5,10H2,1H3. The van der Waals surface area contributed by atoms with Crippen LogP contribution in [0, 0.1) is 0 Å². The minimum absolute atomic E-state index is 0.243. The molecule has 0 aromatic carbocycles. The van der Waals surface area contributed by atoms with Gasteiger partial charge in [-0.05, 0) is 6.42 Å². The molecule has 0 bridgehead atoms. The quantitative estimate of drug-likeness (QED) is 0.682. The molecule has 0 fully saturated rings. The molecular formula is C9H16N4O. The van der Waals surface area contributed by atoms with Crippen LogP contribution < -0.4 is 10.6 Å². The molecule has 0 spiro atoms. The molecule has 0 amide bonds. The van der Waals surface area contributed by atoms with E-state index in [2.05, 4.69) is 10.00 Å². The fourth-order valence-electron chi connectivity index (χ4n) is 1.90. The molecule has 0 saturated carbocycles. The number of anilines is 1. The predicted molar refractivity (Wildman–Crippen MR) is 54.1 cm³/mol. The van der Waals surface area contributed by atoms with Gasteiger partial charge in [-0.3, -0.25) is 0 Å². The Morgan fingerprint density at radius 1 is 1.64 bits per heavy atom. The van der Waals surface area contributed by atoms with Crippen LogP contribution in [0.15, 0.2) is 6.20 Å². The van der Waals surface area contributed by atoms with Gasteiger partial charge in [0.2, 0.25) is 0 Å². The molecule has 5 nitrogen and oxygen atoms in total. The summed E-state index contributed by atoms with van der Waals surface area (Å²) in [5.74, 6) is 1.01. The summed E-state index contributed by atoms with van der Waals surface area (Å²) in [5, 5.41) is 13.9. The maximum Gasteiger partial charge on any atom is 0.132 e. The second kappa shape index (κ2) is 3.59. The highest BCUT2D eigenvalue weighted by molar-refractivity contribution is 5.48. The molecule has 1 atom stereocenters. The van der Waals surface area contributed by atoms with Crippen LogP contribution in [0.5, 0.6) is 0 Å². The molecule has 14 heavy (non-hydrogen) atoms. The van der Waals surface area contributed by atoms with Crippen LogP contribution in [0.4, 0.5) is 5.82 Å². The van der Waals surface area contributed by atoms with Gasteiger partial charge in [0, 0.05) is 32.2 Å². The highest BCUT2D eigenvalue weighted by Gasteiger charge is 2.22. The Bertz CT molecular complexity index is 323. The van der Waals surface area contributed by atoms with Gasteiger partial charge in [0.25, 0.3) is 0 Å². The van der Waals surface area contributed by atoms with E-state index in [-0.39, 0.29) is 6.54 Å². The lowest BCUT2D eigenvalue weighted by Crippen LogP contribution is -2.29. The molecule has 1 aromatic heterocycles. The molecule has 1 aliphatic rings. The molecule has 1 aromatic rings. The van der Waals surface area contributed by atoms with E-state index >= 15 is 0 Å². The van der Waals surface area contributed by atoms with Crippen molar-refractivity contribution in [2.45, 2.75) is 19.1 Å². The van der Waals surface area contributed by atoms with Gasteiger partial charge >= 0.3 is 0 Å². The number of fused-ring (bicyclic) bond motifs is 1. The molecule has 1 aliphatic heterocycles. The van der Waals surface area contributed by atoms with Crippen LogP contribution in [0.25, 0.3) is 0 Å². The van der Waals surface area contributed by atoms with Crippen LogP contribution in [0.1, 0.15) is 18.1 Å². The van der Waals surface area contributed by atoms with Crippen molar-refractivity contribution in [3.8, 4) is 0 Å². The molecule has 2 rings (SSSR count). The first kappa shape index (κ1) is 9.48. The van der Waals surface area contributed by atoms with E-state index in [1.165, 1.54) is 0 Å². The number of aromatic nitrogens is 2. The Morgan fingerprint density at radius 3 is 3.14 bits per heavy atom. The third kappa shape index (κ3) is 1.38. The lowest BCUT2D eigenvalue weighted by molar-refractivity contribution is 0.187. The van der Waals surface area contributed by atoms with Crippen LogP contribution in [0.2, 0.25) is 0 Å². The molecular weight excluding hydrogens is 180 g/mol. The van der Waals surface area contributed by atoms with E-state index in [9.17, 15) is 5.11 Å². The molecule has 78 valence electrons. The fourth-order valence-corrected chi connectivity index (χ4v) is 1.90. The predicted octanol–water partition coefficient (Wildman–Crippen LogP) is -0.285. The SMILES string of the molecule is CN1CCCn2ncc(C(O)CN)c21. The van der Waals surface area contributed by atoms with Gasteiger partial charge in [-0.25, -0.2) is 4.68 Å². The van der Waals surface area contributed by atoms with E-state index in [4.69, 9.17) is 5.73 Å². The Kier molecular flexibility index (Phi) is 2.43. The third-order valence-electron chi connectivity index (χ3n) is 2.65. The van der Waals surface area contributed by atoms with Crippen molar-refractivity contribution < 1.29 is 5.11 Å². The molecule has 3 N–H and O–H groups in total. The monoisotopic (exact) mass is 196 g/mol. The lowest BCUT2D eigenvalue weighted by Gasteiger charge is -2.27. The van der Waals surface area contributed by atoms with Crippen LogP contribution >= 0.6 is 0 Å². The molecule has 1 unspecified atom stereocenters. The number of aliphatic hydroxyl groups is 1. The zero-order chi connectivity index (χ0) is 10.1. The van der Waals surface area contributed by atoms with Gasteiger partial charge in [0.1, 0.15) is 5.82 Å². The van der Waals surface area contributed by atoms with Gasteiger partial charge in [0.15, 0.2) is 0 Å². The minimum atomic E-state index is -0.598. The van der Waals surface area contributed by atoms with Crippen molar-refractivity contribution in [1.82, 2.24) is 9.78 Å². The van der Waals surface area contributed by atoms with Gasteiger partial charge in [-0.1, -0.05) is 0 Å². The number of aliphatic hydroxyl groups excluding tert-OH is 1. The highest BCUT2D eigenvalue weighted by Crippen LogP contribution is 2.27. The first-order valence-corrected chi connectivity index (χ1v) is 4.89. The summed E-state index contributed by atoms with van der Waals surface area (Å²) < 4.78 is 1.93. The van der Waals surface area contributed by atoms with E-state index in [0.29, 0.717) is 0 Å². The zero-order valence-electron chi connectivity index (χ0n) is 8.35. The number of hydrogen-bond acceptors (Lipinski definition) is 4. The van der Waals surface area contributed by atoms with E-state index in [0.717, 1.165) is 30.9 Å². The van der Waals surface area contributed by atoms with Gasteiger partial charge in [0.05, 0.1) is 12.3 Å². The Balaban J connectivity index is 2.38. The van der Waals surface area contributed by atoms with E-state index < -0.39 is 6.10 Å². The number of aryl methyl sites for hydroxylation is 1. The average Bonchev–Trinajstić information content (AvgIpc) is 2.62.